The molecule has 1 atom stereocenters. The van der Waals surface area contributed by atoms with Crippen LogP contribution in [0.4, 0.5) is 5.69 Å². The summed E-state index contributed by atoms with van der Waals surface area (Å²) in [5, 5.41) is 2.91. The van der Waals surface area contributed by atoms with Crippen LogP contribution in [0.3, 0.4) is 0 Å². The molecule has 5 nitrogen and oxygen atoms in total. The number of carbonyl (C=O) groups is 1. The lowest BCUT2D eigenvalue weighted by Gasteiger charge is -2.31. The van der Waals surface area contributed by atoms with Gasteiger partial charge in [0.1, 0.15) is 0 Å². The van der Waals surface area contributed by atoms with Gasteiger partial charge in [0.25, 0.3) is 0 Å². The second-order valence-corrected chi connectivity index (χ2v) is 8.81. The molecule has 26 heavy (non-hydrogen) atoms. The predicted molar refractivity (Wildman–Crippen MR) is 102 cm³/mol. The van der Waals surface area contributed by atoms with Crippen LogP contribution in [0, 0.1) is 19.8 Å². The Hall–Kier alpha value is -2.18. The highest BCUT2D eigenvalue weighted by Gasteiger charge is 2.33. The quantitative estimate of drug-likeness (QED) is 0.895. The zero-order valence-corrected chi connectivity index (χ0v) is 15.9. The Morgan fingerprint density at radius 1 is 1.08 bits per heavy atom. The molecule has 1 N–H and O–H groups in total. The Bertz CT molecular complexity index is 892. The first-order valence-corrected chi connectivity index (χ1v) is 10.2. The second kappa shape index (κ2) is 7.60. The van der Waals surface area contributed by atoms with Gasteiger partial charge in [0.2, 0.25) is 15.9 Å². The molecule has 3 rings (SSSR count). The molecule has 1 amide bonds. The summed E-state index contributed by atoms with van der Waals surface area (Å²) in [5.74, 6) is -0.469. The number of benzene rings is 2. The lowest BCUT2D eigenvalue weighted by molar-refractivity contribution is -0.120. The van der Waals surface area contributed by atoms with Crippen molar-refractivity contribution in [3.8, 4) is 0 Å². The van der Waals surface area contributed by atoms with Crippen molar-refractivity contribution in [3.05, 3.63) is 59.7 Å². The highest BCUT2D eigenvalue weighted by Crippen LogP contribution is 2.25. The number of sulfonamides is 1. The van der Waals surface area contributed by atoms with E-state index in [-0.39, 0.29) is 23.3 Å². The molecule has 0 saturated carbocycles. The van der Waals surface area contributed by atoms with E-state index in [1.54, 1.807) is 24.3 Å². The van der Waals surface area contributed by atoms with Gasteiger partial charge in [0, 0.05) is 18.8 Å². The van der Waals surface area contributed by atoms with Gasteiger partial charge in [0.05, 0.1) is 10.8 Å². The van der Waals surface area contributed by atoms with Crippen molar-refractivity contribution in [1.82, 2.24) is 4.31 Å². The van der Waals surface area contributed by atoms with Gasteiger partial charge in [0.15, 0.2) is 0 Å². The van der Waals surface area contributed by atoms with Gasteiger partial charge < -0.3 is 5.32 Å². The van der Waals surface area contributed by atoms with Crippen LogP contribution in [0.5, 0.6) is 0 Å². The first kappa shape index (κ1) is 18.6. The molecule has 138 valence electrons. The minimum atomic E-state index is -3.57. The number of aryl methyl sites for hydroxylation is 2. The Morgan fingerprint density at radius 3 is 2.50 bits per heavy atom. The van der Waals surface area contributed by atoms with Crippen molar-refractivity contribution in [1.29, 1.82) is 0 Å². The number of hydrogen-bond acceptors (Lipinski definition) is 3. The molecular formula is C20H24N2O3S. The number of amides is 1. The van der Waals surface area contributed by atoms with Crippen LogP contribution >= 0.6 is 0 Å². The second-order valence-electron chi connectivity index (χ2n) is 6.87. The highest BCUT2D eigenvalue weighted by molar-refractivity contribution is 7.89. The molecule has 0 aliphatic carbocycles. The van der Waals surface area contributed by atoms with Gasteiger partial charge in [-0.3, -0.25) is 4.79 Å². The lowest BCUT2D eigenvalue weighted by Crippen LogP contribution is -2.43. The van der Waals surface area contributed by atoms with Crippen LogP contribution in [0.2, 0.25) is 0 Å². The van der Waals surface area contributed by atoms with E-state index in [0.717, 1.165) is 16.8 Å². The molecule has 2 aromatic rings. The highest BCUT2D eigenvalue weighted by atomic mass is 32.2. The predicted octanol–water partition coefficient (Wildman–Crippen LogP) is 3.34. The number of hydrogen-bond donors (Lipinski definition) is 1. The molecule has 1 aliphatic heterocycles. The van der Waals surface area contributed by atoms with Gasteiger partial charge in [-0.25, -0.2) is 8.42 Å². The maximum atomic E-state index is 12.9. The number of nitrogens with one attached hydrogen (secondary N) is 1. The Morgan fingerprint density at radius 2 is 1.81 bits per heavy atom. The molecule has 0 spiro atoms. The van der Waals surface area contributed by atoms with Gasteiger partial charge >= 0.3 is 0 Å². The molecule has 0 bridgehead atoms. The molecule has 0 aromatic heterocycles. The summed E-state index contributed by atoms with van der Waals surface area (Å²) in [5.41, 5.74) is 2.82. The van der Waals surface area contributed by atoms with Gasteiger partial charge in [-0.05, 0) is 56.5 Å². The van der Waals surface area contributed by atoms with Crippen LogP contribution in [0.25, 0.3) is 0 Å². The first-order chi connectivity index (χ1) is 12.4. The molecule has 1 fully saturated rings. The van der Waals surface area contributed by atoms with E-state index in [2.05, 4.69) is 5.32 Å². The molecule has 0 unspecified atom stereocenters. The molecule has 1 heterocycles. The number of rotatable bonds is 4. The van der Waals surface area contributed by atoms with Crippen LogP contribution in [0.1, 0.15) is 24.0 Å². The zero-order valence-electron chi connectivity index (χ0n) is 15.1. The number of carbonyl (C=O) groups excluding carboxylic acids is 1. The third kappa shape index (κ3) is 4.14. The average Bonchev–Trinajstić information content (AvgIpc) is 2.62. The summed E-state index contributed by atoms with van der Waals surface area (Å²) >= 11 is 0. The topological polar surface area (TPSA) is 66.5 Å². The monoisotopic (exact) mass is 372 g/mol. The number of anilines is 1. The zero-order chi connectivity index (χ0) is 18.7. The van der Waals surface area contributed by atoms with Gasteiger partial charge in [-0.2, -0.15) is 4.31 Å². The molecule has 0 radical (unpaired) electrons. The summed E-state index contributed by atoms with van der Waals surface area (Å²) in [6.45, 7) is 4.55. The maximum Gasteiger partial charge on any atom is 0.243 e. The Balaban J connectivity index is 1.72. The smallest absolute Gasteiger partial charge is 0.243 e. The third-order valence-electron chi connectivity index (χ3n) is 4.70. The van der Waals surface area contributed by atoms with E-state index < -0.39 is 10.0 Å². The van der Waals surface area contributed by atoms with Gasteiger partial charge in [-0.1, -0.05) is 29.8 Å². The summed E-state index contributed by atoms with van der Waals surface area (Å²) < 4.78 is 27.2. The minimum absolute atomic E-state index is 0.126. The van der Waals surface area contributed by atoms with Crippen LogP contribution in [-0.4, -0.2) is 31.7 Å². The maximum absolute atomic E-state index is 12.9. The normalized spacial score (nSPS) is 18.5. The number of piperidine rings is 1. The van der Waals surface area contributed by atoms with E-state index in [0.29, 0.717) is 19.4 Å². The van der Waals surface area contributed by atoms with Crippen molar-refractivity contribution < 1.29 is 13.2 Å². The van der Waals surface area contributed by atoms with Crippen molar-refractivity contribution in [3.63, 3.8) is 0 Å². The fourth-order valence-electron chi connectivity index (χ4n) is 3.20. The molecule has 2 aromatic carbocycles. The Labute approximate surface area is 155 Å². The summed E-state index contributed by atoms with van der Waals surface area (Å²) in [4.78, 5) is 12.9. The number of nitrogens with zero attached hydrogens (tertiary/aromatic N) is 1. The fourth-order valence-corrected chi connectivity index (χ4v) is 4.73. The largest absolute Gasteiger partial charge is 0.326 e. The molecule has 6 heteroatoms. The van der Waals surface area contributed by atoms with Gasteiger partial charge in [-0.15, -0.1) is 0 Å². The van der Waals surface area contributed by atoms with Crippen LogP contribution < -0.4 is 5.32 Å². The Kier molecular flexibility index (Phi) is 5.44. The standard InChI is InChI=1S/C20H24N2O3S/c1-15-8-10-19(11-9-15)26(24,25)22-12-4-6-17(14-22)20(23)21-18-7-3-5-16(2)13-18/h3,5,7-11,13,17H,4,6,12,14H2,1-2H3,(H,21,23)/t17-/m1/s1. The SMILES string of the molecule is Cc1ccc(S(=O)(=O)N2CCC[C@@H](C(=O)Nc3cccc(C)c3)C2)cc1. The summed E-state index contributed by atoms with van der Waals surface area (Å²) in [6.07, 6.45) is 1.37. The van der Waals surface area contributed by atoms with Crippen molar-refractivity contribution in [2.45, 2.75) is 31.6 Å². The van der Waals surface area contributed by atoms with Crippen molar-refractivity contribution in [2.75, 3.05) is 18.4 Å². The first-order valence-electron chi connectivity index (χ1n) is 8.80. The van der Waals surface area contributed by atoms with E-state index >= 15 is 0 Å². The third-order valence-corrected chi connectivity index (χ3v) is 6.58. The van der Waals surface area contributed by atoms with E-state index in [9.17, 15) is 13.2 Å². The van der Waals surface area contributed by atoms with Crippen molar-refractivity contribution >= 4 is 21.6 Å². The average molecular weight is 372 g/mol. The van der Waals surface area contributed by atoms with Crippen molar-refractivity contribution in [2.24, 2.45) is 5.92 Å². The lowest BCUT2D eigenvalue weighted by atomic mass is 9.98. The molecule has 1 aliphatic rings. The van der Waals surface area contributed by atoms with E-state index in [1.165, 1.54) is 4.31 Å². The van der Waals surface area contributed by atoms with E-state index in [4.69, 9.17) is 0 Å². The fraction of sp³-hybridized carbons (Fsp3) is 0.350. The summed E-state index contributed by atoms with van der Waals surface area (Å²) in [6, 6.07) is 14.4. The van der Waals surface area contributed by atoms with Crippen LogP contribution in [0.15, 0.2) is 53.4 Å². The van der Waals surface area contributed by atoms with Crippen LogP contribution in [-0.2, 0) is 14.8 Å². The molecular weight excluding hydrogens is 348 g/mol. The molecule has 1 saturated heterocycles. The summed E-state index contributed by atoms with van der Waals surface area (Å²) in [7, 11) is -3.57. The minimum Gasteiger partial charge on any atom is -0.326 e. The van der Waals surface area contributed by atoms with E-state index in [1.807, 2.05) is 38.1 Å².